The standard InChI is InChI=1S/C16H15FN4O2S/c17-11-6-10(7-18-9-11)8-19-16-20-12-3-5-24-15(12)14(21-16)13(23)2-1-4-22/h3,5-7,9,22H,1-2,4,8H2,(H,19,20,21). The molecule has 3 rings (SSSR count). The van der Waals surface area contributed by atoms with E-state index in [0.29, 0.717) is 35.7 Å². The number of anilines is 1. The fraction of sp³-hybridized carbons (Fsp3) is 0.250. The second kappa shape index (κ2) is 7.41. The third kappa shape index (κ3) is 3.72. The molecule has 0 radical (unpaired) electrons. The van der Waals surface area contributed by atoms with Crippen LogP contribution in [0.2, 0.25) is 0 Å². The Morgan fingerprint density at radius 3 is 3.00 bits per heavy atom. The van der Waals surface area contributed by atoms with E-state index in [-0.39, 0.29) is 18.8 Å². The maximum absolute atomic E-state index is 13.2. The maximum atomic E-state index is 13.2. The van der Waals surface area contributed by atoms with Gasteiger partial charge in [0, 0.05) is 25.8 Å². The minimum absolute atomic E-state index is 0.0396. The zero-order valence-electron chi connectivity index (χ0n) is 12.7. The van der Waals surface area contributed by atoms with Crippen molar-refractivity contribution in [3.63, 3.8) is 0 Å². The monoisotopic (exact) mass is 346 g/mol. The highest BCUT2D eigenvalue weighted by Crippen LogP contribution is 2.25. The van der Waals surface area contributed by atoms with Gasteiger partial charge in [-0.25, -0.2) is 14.4 Å². The van der Waals surface area contributed by atoms with E-state index in [9.17, 15) is 9.18 Å². The van der Waals surface area contributed by atoms with Crippen LogP contribution in [0.15, 0.2) is 29.9 Å². The highest BCUT2D eigenvalue weighted by atomic mass is 32.1. The number of carbonyl (C=O) groups is 1. The summed E-state index contributed by atoms with van der Waals surface area (Å²) in [6, 6.07) is 3.19. The van der Waals surface area contributed by atoms with E-state index in [1.165, 1.54) is 17.4 Å². The van der Waals surface area contributed by atoms with E-state index in [4.69, 9.17) is 5.11 Å². The largest absolute Gasteiger partial charge is 0.396 e. The van der Waals surface area contributed by atoms with Gasteiger partial charge < -0.3 is 10.4 Å². The number of nitrogens with zero attached hydrogens (tertiary/aromatic N) is 3. The van der Waals surface area contributed by atoms with Gasteiger partial charge in [-0.2, -0.15) is 0 Å². The number of halogens is 1. The van der Waals surface area contributed by atoms with Crippen molar-refractivity contribution in [1.82, 2.24) is 15.0 Å². The van der Waals surface area contributed by atoms with Crippen molar-refractivity contribution in [2.75, 3.05) is 11.9 Å². The molecule has 0 spiro atoms. The second-order valence-corrected chi connectivity index (χ2v) is 6.06. The normalized spacial score (nSPS) is 10.9. The molecule has 0 aliphatic heterocycles. The molecule has 0 atom stereocenters. The molecule has 0 bridgehead atoms. The van der Waals surface area contributed by atoms with Crippen LogP contribution in [0.3, 0.4) is 0 Å². The third-order valence-corrected chi connectivity index (χ3v) is 4.25. The van der Waals surface area contributed by atoms with Crippen LogP contribution in [-0.2, 0) is 6.54 Å². The van der Waals surface area contributed by atoms with Crippen LogP contribution in [0, 0.1) is 5.82 Å². The summed E-state index contributed by atoms with van der Waals surface area (Å²) in [6.45, 7) is 0.257. The highest BCUT2D eigenvalue weighted by Gasteiger charge is 2.15. The number of pyridine rings is 1. The summed E-state index contributed by atoms with van der Waals surface area (Å²) < 4.78 is 13.9. The first kappa shape index (κ1) is 16.4. The van der Waals surface area contributed by atoms with E-state index in [0.717, 1.165) is 10.9 Å². The Hall–Kier alpha value is -2.45. The third-order valence-electron chi connectivity index (χ3n) is 3.34. The first-order chi connectivity index (χ1) is 11.7. The Balaban J connectivity index is 1.84. The highest BCUT2D eigenvalue weighted by molar-refractivity contribution is 7.17. The van der Waals surface area contributed by atoms with Crippen LogP contribution >= 0.6 is 11.3 Å². The number of aromatic nitrogens is 3. The van der Waals surface area contributed by atoms with Crippen LogP contribution in [0.1, 0.15) is 28.9 Å². The molecule has 6 nitrogen and oxygen atoms in total. The Labute approximate surface area is 141 Å². The lowest BCUT2D eigenvalue weighted by atomic mass is 10.1. The fourth-order valence-electron chi connectivity index (χ4n) is 2.22. The van der Waals surface area contributed by atoms with Crippen molar-refractivity contribution < 1.29 is 14.3 Å². The molecule has 0 aliphatic rings. The predicted octanol–water partition coefficient (Wildman–Crippen LogP) is 2.79. The van der Waals surface area contributed by atoms with Gasteiger partial charge in [0.2, 0.25) is 5.95 Å². The molecule has 0 saturated carbocycles. The number of nitrogens with one attached hydrogen (secondary N) is 1. The van der Waals surface area contributed by atoms with Crippen molar-refractivity contribution in [3.8, 4) is 0 Å². The number of thiophene rings is 1. The van der Waals surface area contributed by atoms with Crippen LogP contribution < -0.4 is 5.32 Å². The quantitative estimate of drug-likeness (QED) is 0.640. The van der Waals surface area contributed by atoms with Gasteiger partial charge in [-0.15, -0.1) is 11.3 Å². The number of aliphatic hydroxyl groups is 1. The number of rotatable bonds is 7. The van der Waals surface area contributed by atoms with Crippen LogP contribution in [0.4, 0.5) is 10.3 Å². The summed E-state index contributed by atoms with van der Waals surface area (Å²) in [5.41, 5.74) is 1.68. The summed E-state index contributed by atoms with van der Waals surface area (Å²) >= 11 is 1.41. The molecule has 0 aliphatic carbocycles. The van der Waals surface area contributed by atoms with Gasteiger partial charge >= 0.3 is 0 Å². The minimum atomic E-state index is -0.414. The topological polar surface area (TPSA) is 88.0 Å². The molecular formula is C16H15FN4O2S. The molecule has 3 aromatic rings. The molecule has 3 aromatic heterocycles. The molecule has 2 N–H and O–H groups in total. The van der Waals surface area contributed by atoms with Crippen LogP contribution in [0.5, 0.6) is 0 Å². The van der Waals surface area contributed by atoms with Crippen molar-refractivity contribution >= 4 is 33.3 Å². The molecule has 0 saturated heterocycles. The first-order valence-corrected chi connectivity index (χ1v) is 8.28. The van der Waals surface area contributed by atoms with Gasteiger partial charge in [0.25, 0.3) is 0 Å². The molecule has 124 valence electrons. The lowest BCUT2D eigenvalue weighted by Crippen LogP contribution is -2.09. The van der Waals surface area contributed by atoms with Gasteiger partial charge in [-0.1, -0.05) is 0 Å². The number of ketones is 1. The number of hydrogen-bond acceptors (Lipinski definition) is 7. The van der Waals surface area contributed by atoms with Crippen molar-refractivity contribution in [2.45, 2.75) is 19.4 Å². The van der Waals surface area contributed by atoms with E-state index < -0.39 is 5.82 Å². The lowest BCUT2D eigenvalue weighted by molar-refractivity contribution is 0.0968. The lowest BCUT2D eigenvalue weighted by Gasteiger charge is -2.07. The van der Waals surface area contributed by atoms with E-state index in [2.05, 4.69) is 20.3 Å². The zero-order chi connectivity index (χ0) is 16.9. The summed E-state index contributed by atoms with van der Waals surface area (Å²) in [6.07, 6.45) is 3.31. The Morgan fingerprint density at radius 1 is 1.33 bits per heavy atom. The molecule has 0 unspecified atom stereocenters. The fourth-order valence-corrected chi connectivity index (χ4v) is 3.06. The van der Waals surface area contributed by atoms with Crippen LogP contribution in [0.25, 0.3) is 10.2 Å². The Kier molecular flexibility index (Phi) is 5.07. The Bertz CT molecular complexity index is 868. The van der Waals surface area contributed by atoms with Crippen molar-refractivity contribution in [3.05, 3.63) is 47.0 Å². The second-order valence-electron chi connectivity index (χ2n) is 5.15. The number of Topliss-reactive ketones (excluding diaryl/α,β-unsaturated/α-hetero) is 1. The summed E-state index contributed by atoms with van der Waals surface area (Å²) in [5, 5.41) is 13.7. The van der Waals surface area contributed by atoms with E-state index in [1.807, 2.05) is 11.4 Å². The smallest absolute Gasteiger partial charge is 0.224 e. The number of aliphatic hydroxyl groups excluding tert-OH is 1. The van der Waals surface area contributed by atoms with Crippen molar-refractivity contribution in [2.24, 2.45) is 0 Å². The number of carbonyl (C=O) groups excluding carboxylic acids is 1. The maximum Gasteiger partial charge on any atom is 0.224 e. The van der Waals surface area contributed by atoms with Gasteiger partial charge in [-0.05, 0) is 29.5 Å². The average molecular weight is 346 g/mol. The van der Waals surface area contributed by atoms with Crippen molar-refractivity contribution in [1.29, 1.82) is 0 Å². The molecule has 24 heavy (non-hydrogen) atoms. The SMILES string of the molecule is O=C(CCCO)c1nc(NCc2cncc(F)c2)nc2ccsc12. The van der Waals surface area contributed by atoms with Gasteiger partial charge in [0.05, 0.1) is 16.4 Å². The first-order valence-electron chi connectivity index (χ1n) is 7.40. The minimum Gasteiger partial charge on any atom is -0.396 e. The van der Waals surface area contributed by atoms with Gasteiger partial charge in [0.15, 0.2) is 5.78 Å². The molecule has 0 amide bonds. The summed E-state index contributed by atoms with van der Waals surface area (Å²) in [4.78, 5) is 24.8. The molecule has 0 fully saturated rings. The average Bonchev–Trinajstić information content (AvgIpc) is 3.05. The number of fused-ring (bicyclic) bond motifs is 1. The summed E-state index contributed by atoms with van der Waals surface area (Å²) in [5.74, 6) is -0.241. The summed E-state index contributed by atoms with van der Waals surface area (Å²) in [7, 11) is 0. The Morgan fingerprint density at radius 2 is 2.21 bits per heavy atom. The van der Waals surface area contributed by atoms with Gasteiger partial charge in [-0.3, -0.25) is 9.78 Å². The molecule has 8 heteroatoms. The molecule has 3 heterocycles. The van der Waals surface area contributed by atoms with E-state index in [1.54, 1.807) is 6.20 Å². The van der Waals surface area contributed by atoms with Crippen LogP contribution in [-0.4, -0.2) is 32.4 Å². The molecule has 0 aromatic carbocycles. The molecular weight excluding hydrogens is 331 g/mol. The number of hydrogen-bond donors (Lipinski definition) is 2. The zero-order valence-corrected chi connectivity index (χ0v) is 13.5. The predicted molar refractivity (Wildman–Crippen MR) is 89.6 cm³/mol. The van der Waals surface area contributed by atoms with E-state index >= 15 is 0 Å². The van der Waals surface area contributed by atoms with Gasteiger partial charge in [0.1, 0.15) is 11.5 Å².